The molecule has 1 aromatic rings. The summed E-state index contributed by atoms with van der Waals surface area (Å²) in [4.78, 5) is 0. The third-order valence-corrected chi connectivity index (χ3v) is 1.89. The molecule has 5 heteroatoms. The van der Waals surface area contributed by atoms with Crippen LogP contribution in [0.25, 0.3) is 0 Å². The minimum atomic E-state index is -0.545. The lowest BCUT2D eigenvalue weighted by molar-refractivity contribution is 0.246. The molecule has 1 aromatic carbocycles. The van der Waals surface area contributed by atoms with Crippen molar-refractivity contribution >= 4 is 5.84 Å². The largest absolute Gasteiger partial charge is 0.482 e. The van der Waals surface area contributed by atoms with Crippen molar-refractivity contribution < 1.29 is 14.3 Å². The van der Waals surface area contributed by atoms with Crippen LogP contribution in [-0.4, -0.2) is 17.1 Å². The van der Waals surface area contributed by atoms with Crippen LogP contribution in [0, 0.1) is 5.82 Å². The summed E-state index contributed by atoms with van der Waals surface area (Å²) in [5, 5.41) is 11.3. The molecule has 0 aliphatic carbocycles. The molecule has 1 atom stereocenters. The van der Waals surface area contributed by atoms with E-state index < -0.39 is 6.10 Å². The highest BCUT2D eigenvalue weighted by Crippen LogP contribution is 2.14. The lowest BCUT2D eigenvalue weighted by atomic mass is 10.2. The van der Waals surface area contributed by atoms with Crippen LogP contribution >= 0.6 is 0 Å². The molecule has 0 saturated heterocycles. The van der Waals surface area contributed by atoms with Crippen LogP contribution in [0.5, 0.6) is 5.75 Å². The molecule has 0 heterocycles. The zero-order chi connectivity index (χ0) is 11.3. The van der Waals surface area contributed by atoms with Crippen molar-refractivity contribution in [2.45, 2.75) is 19.4 Å². The van der Waals surface area contributed by atoms with Gasteiger partial charge in [0.15, 0.2) is 11.9 Å². The summed E-state index contributed by atoms with van der Waals surface area (Å²) in [6, 6.07) is 5.70. The van der Waals surface area contributed by atoms with Crippen molar-refractivity contribution in [2.24, 2.45) is 10.9 Å². The van der Waals surface area contributed by atoms with Crippen LogP contribution in [0.3, 0.4) is 0 Å². The number of ether oxygens (including phenoxy) is 1. The summed E-state index contributed by atoms with van der Waals surface area (Å²) in [5.41, 5.74) is 5.39. The maximum atomic E-state index is 12.8. The van der Waals surface area contributed by atoms with Crippen LogP contribution in [-0.2, 0) is 0 Å². The Bertz CT molecular complexity index is 355. The lowest BCUT2D eigenvalue weighted by Crippen LogP contribution is -2.33. The highest BCUT2D eigenvalue weighted by molar-refractivity contribution is 5.84. The van der Waals surface area contributed by atoms with Gasteiger partial charge in [-0.3, -0.25) is 0 Å². The Labute approximate surface area is 87.2 Å². The number of nitrogens with two attached hydrogens (primary N) is 1. The van der Waals surface area contributed by atoms with E-state index in [0.717, 1.165) is 0 Å². The summed E-state index contributed by atoms with van der Waals surface area (Å²) in [5.74, 6) is -0.0583. The third-order valence-electron chi connectivity index (χ3n) is 1.89. The summed E-state index contributed by atoms with van der Waals surface area (Å²) in [6.07, 6.45) is -0.0105. The molecule has 0 amide bonds. The van der Waals surface area contributed by atoms with Crippen LogP contribution in [0.15, 0.2) is 29.4 Å². The summed E-state index contributed by atoms with van der Waals surface area (Å²) >= 11 is 0. The van der Waals surface area contributed by atoms with Gasteiger partial charge in [-0.05, 0) is 18.6 Å². The molecule has 82 valence electrons. The lowest BCUT2D eigenvalue weighted by Gasteiger charge is -2.15. The number of hydrogen-bond donors (Lipinski definition) is 2. The number of hydrogen-bond acceptors (Lipinski definition) is 3. The maximum absolute atomic E-state index is 12.8. The van der Waals surface area contributed by atoms with Crippen molar-refractivity contribution in [3.63, 3.8) is 0 Å². The molecule has 0 aliphatic heterocycles. The second-order valence-electron chi connectivity index (χ2n) is 3.00. The molecule has 4 nitrogen and oxygen atoms in total. The van der Waals surface area contributed by atoms with Crippen LogP contribution in [0.4, 0.5) is 4.39 Å². The second kappa shape index (κ2) is 5.19. The molecule has 1 rings (SSSR count). The highest BCUT2D eigenvalue weighted by atomic mass is 19.1. The Kier molecular flexibility index (Phi) is 3.91. The average Bonchev–Trinajstić information content (AvgIpc) is 2.25. The predicted octanol–water partition coefficient (Wildman–Crippen LogP) is 1.73. The fourth-order valence-corrected chi connectivity index (χ4v) is 1.12. The van der Waals surface area contributed by atoms with Crippen molar-refractivity contribution in [1.29, 1.82) is 0 Å². The molecule has 3 N–H and O–H groups in total. The quantitative estimate of drug-likeness (QED) is 0.345. The minimum absolute atomic E-state index is 0.0261. The van der Waals surface area contributed by atoms with E-state index >= 15 is 0 Å². The Morgan fingerprint density at radius 2 is 2.40 bits per heavy atom. The van der Waals surface area contributed by atoms with Crippen molar-refractivity contribution in [3.05, 3.63) is 30.1 Å². The van der Waals surface area contributed by atoms with Crippen LogP contribution < -0.4 is 10.5 Å². The van der Waals surface area contributed by atoms with Gasteiger partial charge in [-0.15, -0.1) is 0 Å². The number of halogens is 1. The van der Waals surface area contributed by atoms with E-state index in [1.165, 1.54) is 18.2 Å². The van der Waals surface area contributed by atoms with Gasteiger partial charge in [0.25, 0.3) is 0 Å². The van der Waals surface area contributed by atoms with Crippen LogP contribution in [0.1, 0.15) is 13.3 Å². The Hall–Kier alpha value is -1.78. The first kappa shape index (κ1) is 11.3. The molecule has 1 unspecified atom stereocenters. The number of benzene rings is 1. The average molecular weight is 212 g/mol. The van der Waals surface area contributed by atoms with Crippen molar-refractivity contribution in [3.8, 4) is 5.75 Å². The molecule has 0 radical (unpaired) electrons. The first-order valence-corrected chi connectivity index (χ1v) is 4.57. The number of nitrogens with zero attached hydrogens (tertiary/aromatic N) is 1. The van der Waals surface area contributed by atoms with E-state index in [0.29, 0.717) is 12.2 Å². The number of rotatable bonds is 4. The van der Waals surface area contributed by atoms with Gasteiger partial charge < -0.3 is 15.7 Å². The van der Waals surface area contributed by atoms with Gasteiger partial charge in [0.05, 0.1) is 0 Å². The van der Waals surface area contributed by atoms with Gasteiger partial charge in [0.2, 0.25) is 0 Å². The fourth-order valence-electron chi connectivity index (χ4n) is 1.12. The monoisotopic (exact) mass is 212 g/mol. The number of amidine groups is 1. The third kappa shape index (κ3) is 3.12. The van der Waals surface area contributed by atoms with Gasteiger partial charge >= 0.3 is 0 Å². The minimum Gasteiger partial charge on any atom is -0.482 e. The van der Waals surface area contributed by atoms with Gasteiger partial charge in [-0.25, -0.2) is 4.39 Å². The van der Waals surface area contributed by atoms with Gasteiger partial charge in [-0.1, -0.05) is 18.1 Å². The fraction of sp³-hybridized carbons (Fsp3) is 0.300. The SMILES string of the molecule is CCC(Oc1cccc(F)c1)C(N)=NO. The molecule has 0 aromatic heterocycles. The standard InChI is InChI=1S/C10H13FN2O2/c1-2-9(10(12)13-14)15-8-5-3-4-7(11)6-8/h3-6,9,14H,2H2,1H3,(H2,12,13). The van der Waals surface area contributed by atoms with E-state index in [9.17, 15) is 4.39 Å². The van der Waals surface area contributed by atoms with E-state index in [-0.39, 0.29) is 11.7 Å². The van der Waals surface area contributed by atoms with Gasteiger partial charge in [0, 0.05) is 6.07 Å². The topological polar surface area (TPSA) is 67.8 Å². The molecule has 0 fully saturated rings. The first-order valence-electron chi connectivity index (χ1n) is 4.57. The smallest absolute Gasteiger partial charge is 0.180 e. The highest BCUT2D eigenvalue weighted by Gasteiger charge is 2.13. The van der Waals surface area contributed by atoms with Crippen LogP contribution in [0.2, 0.25) is 0 Å². The van der Waals surface area contributed by atoms with E-state index in [1.807, 2.05) is 6.92 Å². The number of oxime groups is 1. The summed E-state index contributed by atoms with van der Waals surface area (Å²) in [6.45, 7) is 1.82. The zero-order valence-electron chi connectivity index (χ0n) is 8.35. The van der Waals surface area contributed by atoms with E-state index in [2.05, 4.69) is 5.16 Å². The molecular weight excluding hydrogens is 199 g/mol. The van der Waals surface area contributed by atoms with Crippen molar-refractivity contribution in [1.82, 2.24) is 0 Å². The Morgan fingerprint density at radius 3 is 2.93 bits per heavy atom. The molecule has 0 aliphatic rings. The molecular formula is C10H13FN2O2. The molecule has 0 spiro atoms. The summed E-state index contributed by atoms with van der Waals surface area (Å²) < 4.78 is 18.2. The second-order valence-corrected chi connectivity index (χ2v) is 3.00. The molecule has 15 heavy (non-hydrogen) atoms. The predicted molar refractivity (Wildman–Crippen MR) is 54.5 cm³/mol. The van der Waals surface area contributed by atoms with Gasteiger partial charge in [0.1, 0.15) is 11.6 Å². The zero-order valence-corrected chi connectivity index (χ0v) is 8.35. The van der Waals surface area contributed by atoms with Gasteiger partial charge in [-0.2, -0.15) is 0 Å². The maximum Gasteiger partial charge on any atom is 0.180 e. The van der Waals surface area contributed by atoms with E-state index in [4.69, 9.17) is 15.7 Å². The Morgan fingerprint density at radius 1 is 1.67 bits per heavy atom. The molecule has 0 bridgehead atoms. The van der Waals surface area contributed by atoms with E-state index in [1.54, 1.807) is 6.07 Å². The summed E-state index contributed by atoms with van der Waals surface area (Å²) in [7, 11) is 0. The molecule has 0 saturated carbocycles. The first-order chi connectivity index (χ1) is 7.17. The normalized spacial score (nSPS) is 13.6. The Balaban J connectivity index is 2.75. The van der Waals surface area contributed by atoms with Crippen molar-refractivity contribution in [2.75, 3.05) is 0 Å².